The van der Waals surface area contributed by atoms with Crippen molar-refractivity contribution < 1.29 is 19.4 Å². The lowest BCUT2D eigenvalue weighted by molar-refractivity contribution is -0.136. The van der Waals surface area contributed by atoms with Crippen LogP contribution < -0.4 is 4.74 Å². The highest BCUT2D eigenvalue weighted by atomic mass is 16.5. The van der Waals surface area contributed by atoms with Gasteiger partial charge in [0.2, 0.25) is 0 Å². The number of esters is 1. The number of aromatic nitrogens is 1. The Labute approximate surface area is 156 Å². The maximum absolute atomic E-state index is 12.6. The number of ether oxygens (including phenoxy) is 2. The van der Waals surface area contributed by atoms with Gasteiger partial charge in [0.05, 0.1) is 18.2 Å². The van der Waals surface area contributed by atoms with E-state index in [1.807, 2.05) is 13.0 Å². The Morgan fingerprint density at radius 3 is 2.85 bits per heavy atom. The predicted molar refractivity (Wildman–Crippen MR) is 101 cm³/mol. The van der Waals surface area contributed by atoms with Crippen LogP contribution in [0.25, 0.3) is 10.9 Å². The van der Waals surface area contributed by atoms with Crippen LogP contribution in [-0.2, 0) is 16.0 Å². The van der Waals surface area contributed by atoms with E-state index in [-0.39, 0.29) is 17.6 Å². The smallest absolute Gasteiger partial charge is 0.335 e. The van der Waals surface area contributed by atoms with E-state index in [2.05, 4.69) is 23.2 Å². The van der Waals surface area contributed by atoms with Crippen molar-refractivity contribution in [2.75, 3.05) is 13.7 Å². The number of aromatic hydroxyl groups is 1. The SMILES string of the molecule is COc1ccc(C2C3=C(COC3=O)Cc3ccc4cc(C)[nH]c4c32)cc1O. The maximum atomic E-state index is 12.6. The highest BCUT2D eigenvalue weighted by molar-refractivity contribution is 5.98. The molecule has 1 aromatic heterocycles. The summed E-state index contributed by atoms with van der Waals surface area (Å²) in [5.74, 6) is -0.0778. The zero-order valence-electron chi connectivity index (χ0n) is 15.1. The number of benzene rings is 2. The van der Waals surface area contributed by atoms with E-state index in [0.717, 1.165) is 33.3 Å². The number of hydrogen-bond donors (Lipinski definition) is 2. The molecule has 1 unspecified atom stereocenters. The van der Waals surface area contributed by atoms with Crippen LogP contribution in [0.15, 0.2) is 47.5 Å². The Bertz CT molecular complexity index is 1140. The van der Waals surface area contributed by atoms with Crippen molar-refractivity contribution in [1.82, 2.24) is 4.98 Å². The first kappa shape index (κ1) is 16.0. The number of cyclic esters (lactones) is 1. The molecule has 2 N–H and O–H groups in total. The van der Waals surface area contributed by atoms with Crippen LogP contribution in [0.3, 0.4) is 0 Å². The van der Waals surface area contributed by atoms with Crippen LogP contribution in [0.5, 0.6) is 11.5 Å². The van der Waals surface area contributed by atoms with Crippen LogP contribution >= 0.6 is 0 Å². The number of aryl methyl sites for hydroxylation is 1. The second-order valence-electron chi connectivity index (χ2n) is 7.19. The van der Waals surface area contributed by atoms with E-state index < -0.39 is 0 Å². The number of rotatable bonds is 2. The van der Waals surface area contributed by atoms with Gasteiger partial charge in [0.1, 0.15) is 6.61 Å². The zero-order chi connectivity index (χ0) is 18.7. The van der Waals surface area contributed by atoms with Crippen molar-refractivity contribution >= 4 is 16.9 Å². The van der Waals surface area contributed by atoms with Gasteiger partial charge in [-0.2, -0.15) is 0 Å². The summed E-state index contributed by atoms with van der Waals surface area (Å²) in [5.41, 5.74) is 6.95. The van der Waals surface area contributed by atoms with E-state index in [1.165, 1.54) is 12.7 Å². The van der Waals surface area contributed by atoms with E-state index >= 15 is 0 Å². The minimum Gasteiger partial charge on any atom is -0.504 e. The number of aromatic amines is 1. The predicted octanol–water partition coefficient (Wildman–Crippen LogP) is 3.73. The van der Waals surface area contributed by atoms with Gasteiger partial charge in [-0.25, -0.2) is 4.79 Å². The molecule has 0 radical (unpaired) electrons. The van der Waals surface area contributed by atoms with Gasteiger partial charge in [0.15, 0.2) is 11.5 Å². The summed E-state index contributed by atoms with van der Waals surface area (Å²) in [5, 5.41) is 11.4. The second kappa shape index (κ2) is 5.64. The van der Waals surface area contributed by atoms with Gasteiger partial charge in [-0.15, -0.1) is 0 Å². The Morgan fingerprint density at radius 1 is 1.22 bits per heavy atom. The Morgan fingerprint density at radius 2 is 2.07 bits per heavy atom. The molecule has 27 heavy (non-hydrogen) atoms. The normalized spacial score (nSPS) is 18.4. The molecular formula is C22H19NO4. The monoisotopic (exact) mass is 361 g/mol. The van der Waals surface area contributed by atoms with Crippen LogP contribution in [0.2, 0.25) is 0 Å². The van der Waals surface area contributed by atoms with Crippen LogP contribution in [0.4, 0.5) is 0 Å². The molecule has 0 spiro atoms. The molecule has 0 bridgehead atoms. The number of H-pyrrole nitrogens is 1. The lowest BCUT2D eigenvalue weighted by Crippen LogP contribution is -2.18. The Kier molecular flexibility index (Phi) is 3.34. The number of carbonyl (C=O) groups is 1. The fourth-order valence-electron chi connectivity index (χ4n) is 4.40. The number of hydrogen-bond acceptors (Lipinski definition) is 4. The summed E-state index contributed by atoms with van der Waals surface area (Å²) in [7, 11) is 1.52. The molecule has 0 saturated heterocycles. The number of phenols is 1. The van der Waals surface area contributed by atoms with E-state index in [9.17, 15) is 9.90 Å². The fraction of sp³-hybridized carbons (Fsp3) is 0.227. The highest BCUT2D eigenvalue weighted by Gasteiger charge is 2.39. The van der Waals surface area contributed by atoms with E-state index in [0.29, 0.717) is 24.4 Å². The third-order valence-electron chi connectivity index (χ3n) is 5.56. The lowest BCUT2D eigenvalue weighted by atomic mass is 9.74. The molecule has 2 aliphatic rings. The molecule has 0 amide bonds. The molecule has 5 nitrogen and oxygen atoms in total. The summed E-state index contributed by atoms with van der Waals surface area (Å²) >= 11 is 0. The summed E-state index contributed by atoms with van der Waals surface area (Å²) < 4.78 is 10.5. The molecule has 1 aliphatic carbocycles. The maximum Gasteiger partial charge on any atom is 0.335 e. The van der Waals surface area contributed by atoms with Crippen molar-refractivity contribution in [2.24, 2.45) is 0 Å². The van der Waals surface area contributed by atoms with E-state index in [1.54, 1.807) is 12.1 Å². The molecule has 0 saturated carbocycles. The third-order valence-corrected chi connectivity index (χ3v) is 5.56. The molecule has 5 rings (SSSR count). The number of fused-ring (bicyclic) bond motifs is 3. The van der Waals surface area contributed by atoms with Gasteiger partial charge in [-0.1, -0.05) is 18.2 Å². The average Bonchev–Trinajstić information content (AvgIpc) is 3.22. The summed E-state index contributed by atoms with van der Waals surface area (Å²) in [6, 6.07) is 11.7. The minimum atomic E-state index is -0.280. The van der Waals surface area contributed by atoms with E-state index in [4.69, 9.17) is 9.47 Å². The van der Waals surface area contributed by atoms with Gasteiger partial charge in [-0.05, 0) is 59.2 Å². The largest absolute Gasteiger partial charge is 0.504 e. The highest BCUT2D eigenvalue weighted by Crippen LogP contribution is 2.47. The molecule has 136 valence electrons. The summed E-state index contributed by atoms with van der Waals surface area (Å²) in [4.78, 5) is 16.0. The van der Waals surface area contributed by atoms with Crippen LogP contribution in [0.1, 0.15) is 28.3 Å². The quantitative estimate of drug-likeness (QED) is 0.682. The molecule has 2 heterocycles. The first-order valence-electron chi connectivity index (χ1n) is 8.94. The Hall–Kier alpha value is -3.21. The van der Waals surface area contributed by atoms with Crippen molar-refractivity contribution in [3.05, 3.63) is 69.9 Å². The first-order chi connectivity index (χ1) is 13.1. The topological polar surface area (TPSA) is 71.5 Å². The number of carbonyl (C=O) groups excluding carboxylic acids is 1. The molecular weight excluding hydrogens is 342 g/mol. The van der Waals surface area contributed by atoms with Gasteiger partial charge < -0.3 is 19.6 Å². The van der Waals surface area contributed by atoms with Crippen molar-refractivity contribution in [3.63, 3.8) is 0 Å². The molecule has 1 aliphatic heterocycles. The van der Waals surface area contributed by atoms with Crippen LogP contribution in [0, 0.1) is 6.92 Å². The van der Waals surface area contributed by atoms with Crippen molar-refractivity contribution in [2.45, 2.75) is 19.3 Å². The van der Waals surface area contributed by atoms with Crippen molar-refractivity contribution in [1.29, 1.82) is 0 Å². The number of methoxy groups -OCH3 is 1. The standard InChI is InChI=1S/C22H19NO4/c1-11-7-14-4-3-12-8-15-10-27-22(25)20(15)18(19(12)21(14)23-11)13-5-6-17(26-2)16(24)9-13/h3-7,9,18,23-24H,8,10H2,1-2H3. The number of phenolic OH excluding ortho intramolecular Hbond substituents is 1. The molecule has 0 fully saturated rings. The molecule has 2 aromatic carbocycles. The van der Waals surface area contributed by atoms with Gasteiger partial charge in [0.25, 0.3) is 0 Å². The average molecular weight is 361 g/mol. The van der Waals surface area contributed by atoms with Crippen molar-refractivity contribution in [3.8, 4) is 11.5 Å². The van der Waals surface area contributed by atoms with Crippen LogP contribution in [-0.4, -0.2) is 29.8 Å². The molecule has 1 atom stereocenters. The third kappa shape index (κ3) is 2.28. The van der Waals surface area contributed by atoms with Gasteiger partial charge >= 0.3 is 5.97 Å². The first-order valence-corrected chi connectivity index (χ1v) is 8.94. The second-order valence-corrected chi connectivity index (χ2v) is 7.19. The zero-order valence-corrected chi connectivity index (χ0v) is 15.1. The fourth-order valence-corrected chi connectivity index (χ4v) is 4.40. The summed E-state index contributed by atoms with van der Waals surface area (Å²) in [6.07, 6.45) is 0.711. The Balaban J connectivity index is 1.80. The molecule has 3 aromatic rings. The number of nitrogens with one attached hydrogen (secondary N) is 1. The van der Waals surface area contributed by atoms with Gasteiger partial charge in [-0.3, -0.25) is 0 Å². The minimum absolute atomic E-state index is 0.0606. The molecule has 5 heteroatoms. The lowest BCUT2D eigenvalue weighted by Gasteiger charge is -2.27. The van der Waals surface area contributed by atoms with Gasteiger partial charge in [0, 0.05) is 11.6 Å². The summed E-state index contributed by atoms with van der Waals surface area (Å²) in [6.45, 7) is 2.37.